The molecular formula is C12H10O2. The van der Waals surface area contributed by atoms with Crippen molar-refractivity contribution in [3.8, 4) is 0 Å². The van der Waals surface area contributed by atoms with E-state index in [0.717, 1.165) is 0 Å². The van der Waals surface area contributed by atoms with Crippen molar-refractivity contribution in [3.63, 3.8) is 0 Å². The van der Waals surface area contributed by atoms with Crippen LogP contribution in [0.4, 0.5) is 0 Å². The van der Waals surface area contributed by atoms with Crippen molar-refractivity contribution in [1.29, 1.82) is 0 Å². The van der Waals surface area contributed by atoms with Gasteiger partial charge in [0.25, 0.3) is 0 Å². The van der Waals surface area contributed by atoms with Gasteiger partial charge in [0.15, 0.2) is 0 Å². The minimum absolute atomic E-state index is 0.357. The van der Waals surface area contributed by atoms with Gasteiger partial charge in [0.2, 0.25) is 11.6 Å². The van der Waals surface area contributed by atoms with Gasteiger partial charge in [-0.2, -0.15) is 0 Å². The largest absolute Gasteiger partial charge is 0.285 e. The van der Waals surface area contributed by atoms with E-state index in [1.807, 2.05) is 24.3 Å². The molecule has 0 aromatic carbocycles. The number of hydrogen-bond acceptors (Lipinski definition) is 2. The Hall–Kier alpha value is -1.70. The SMILES string of the molecule is O=C(C(=O)C1=CC=CC1)C1=CC=CC1. The van der Waals surface area contributed by atoms with Gasteiger partial charge in [0.05, 0.1) is 0 Å². The van der Waals surface area contributed by atoms with E-state index in [0.29, 0.717) is 24.0 Å². The third-order valence-corrected chi connectivity index (χ3v) is 2.33. The fourth-order valence-electron chi connectivity index (χ4n) is 1.52. The quantitative estimate of drug-likeness (QED) is 0.631. The van der Waals surface area contributed by atoms with Gasteiger partial charge >= 0.3 is 0 Å². The summed E-state index contributed by atoms with van der Waals surface area (Å²) in [6, 6.07) is 0. The van der Waals surface area contributed by atoms with Crippen LogP contribution in [0.25, 0.3) is 0 Å². The molecule has 0 heterocycles. The molecule has 0 bridgehead atoms. The molecule has 2 aliphatic rings. The summed E-state index contributed by atoms with van der Waals surface area (Å²) in [4.78, 5) is 23.2. The average Bonchev–Trinajstić information content (AvgIpc) is 2.87. The Bertz CT molecular complexity index is 366. The fourth-order valence-corrected chi connectivity index (χ4v) is 1.52. The van der Waals surface area contributed by atoms with Crippen LogP contribution in [0, 0.1) is 0 Å². The molecule has 0 fully saturated rings. The first-order chi connectivity index (χ1) is 6.79. The van der Waals surface area contributed by atoms with E-state index < -0.39 is 0 Å². The molecule has 0 radical (unpaired) electrons. The highest BCUT2D eigenvalue weighted by Gasteiger charge is 2.22. The van der Waals surface area contributed by atoms with Crippen molar-refractivity contribution >= 4 is 11.6 Å². The molecule has 0 spiro atoms. The number of rotatable bonds is 3. The molecule has 0 saturated heterocycles. The zero-order valence-corrected chi connectivity index (χ0v) is 7.69. The summed E-state index contributed by atoms with van der Waals surface area (Å²) in [5.74, 6) is -0.713. The molecule has 0 atom stereocenters. The van der Waals surface area contributed by atoms with Gasteiger partial charge < -0.3 is 0 Å². The zero-order valence-electron chi connectivity index (χ0n) is 7.69. The van der Waals surface area contributed by atoms with Gasteiger partial charge in [-0.15, -0.1) is 0 Å². The lowest BCUT2D eigenvalue weighted by Gasteiger charge is -2.00. The van der Waals surface area contributed by atoms with E-state index in [1.54, 1.807) is 12.2 Å². The van der Waals surface area contributed by atoms with E-state index in [2.05, 4.69) is 0 Å². The van der Waals surface area contributed by atoms with Crippen molar-refractivity contribution in [1.82, 2.24) is 0 Å². The number of carbonyl (C=O) groups is 2. The topological polar surface area (TPSA) is 34.1 Å². The first-order valence-electron chi connectivity index (χ1n) is 4.59. The summed E-state index contributed by atoms with van der Waals surface area (Å²) in [5.41, 5.74) is 1.20. The van der Waals surface area contributed by atoms with Gasteiger partial charge in [0.1, 0.15) is 0 Å². The Morgan fingerprint density at radius 2 is 1.29 bits per heavy atom. The van der Waals surface area contributed by atoms with E-state index >= 15 is 0 Å². The minimum atomic E-state index is -0.357. The zero-order chi connectivity index (χ0) is 9.97. The van der Waals surface area contributed by atoms with E-state index in [1.165, 1.54) is 0 Å². The van der Waals surface area contributed by atoms with Crippen LogP contribution in [0.1, 0.15) is 12.8 Å². The molecule has 70 valence electrons. The first kappa shape index (κ1) is 8.88. The minimum Gasteiger partial charge on any atom is -0.285 e. The molecule has 2 nitrogen and oxygen atoms in total. The first-order valence-corrected chi connectivity index (χ1v) is 4.59. The maximum atomic E-state index is 11.6. The molecule has 0 saturated carbocycles. The maximum Gasteiger partial charge on any atom is 0.229 e. The maximum absolute atomic E-state index is 11.6. The molecule has 0 aromatic heterocycles. The molecule has 2 rings (SSSR count). The van der Waals surface area contributed by atoms with Crippen molar-refractivity contribution in [2.24, 2.45) is 0 Å². The summed E-state index contributed by atoms with van der Waals surface area (Å²) in [5, 5.41) is 0. The lowest BCUT2D eigenvalue weighted by molar-refractivity contribution is -0.132. The van der Waals surface area contributed by atoms with Crippen molar-refractivity contribution in [3.05, 3.63) is 47.6 Å². The smallest absolute Gasteiger partial charge is 0.229 e. The van der Waals surface area contributed by atoms with Gasteiger partial charge in [-0.3, -0.25) is 9.59 Å². The molecule has 0 aliphatic heterocycles. The van der Waals surface area contributed by atoms with Crippen molar-refractivity contribution < 1.29 is 9.59 Å². The summed E-state index contributed by atoms with van der Waals surface area (Å²) < 4.78 is 0. The van der Waals surface area contributed by atoms with Crippen LogP contribution in [0.3, 0.4) is 0 Å². The Balaban J connectivity index is 2.09. The second-order valence-corrected chi connectivity index (χ2v) is 3.31. The second-order valence-electron chi connectivity index (χ2n) is 3.31. The van der Waals surface area contributed by atoms with E-state index in [9.17, 15) is 9.59 Å². The third kappa shape index (κ3) is 1.51. The van der Waals surface area contributed by atoms with Crippen LogP contribution >= 0.6 is 0 Å². The number of ketones is 2. The summed E-state index contributed by atoms with van der Waals surface area (Å²) >= 11 is 0. The van der Waals surface area contributed by atoms with Gasteiger partial charge in [0, 0.05) is 11.1 Å². The Morgan fingerprint density at radius 1 is 0.857 bits per heavy atom. The standard InChI is InChI=1S/C12H10O2/c13-11(9-5-1-2-6-9)12(14)10-7-3-4-8-10/h1-5,7H,6,8H2. The van der Waals surface area contributed by atoms with Crippen molar-refractivity contribution in [2.75, 3.05) is 0 Å². The summed E-state index contributed by atoms with van der Waals surface area (Å²) in [6.07, 6.45) is 12.0. The molecule has 14 heavy (non-hydrogen) atoms. The highest BCUT2D eigenvalue weighted by atomic mass is 16.2. The molecule has 0 unspecified atom stereocenters. The van der Waals surface area contributed by atoms with E-state index in [-0.39, 0.29) is 11.6 Å². The Morgan fingerprint density at radius 3 is 1.57 bits per heavy atom. The number of Topliss-reactive ketones (excluding diaryl/α,β-unsaturated/α-hetero) is 2. The van der Waals surface area contributed by atoms with Crippen molar-refractivity contribution in [2.45, 2.75) is 12.8 Å². The van der Waals surface area contributed by atoms with Crippen LogP contribution in [-0.2, 0) is 9.59 Å². The monoisotopic (exact) mass is 186 g/mol. The second kappa shape index (κ2) is 3.58. The number of allylic oxidation sites excluding steroid dienone is 8. The fraction of sp³-hybridized carbons (Fsp3) is 0.167. The number of carbonyl (C=O) groups excluding carboxylic acids is 2. The van der Waals surface area contributed by atoms with Gasteiger partial charge in [-0.25, -0.2) is 0 Å². The predicted molar refractivity (Wildman–Crippen MR) is 53.7 cm³/mol. The van der Waals surface area contributed by atoms with Crippen LogP contribution < -0.4 is 0 Å². The van der Waals surface area contributed by atoms with E-state index in [4.69, 9.17) is 0 Å². The lowest BCUT2D eigenvalue weighted by atomic mass is 10.0. The molecule has 0 amide bonds. The summed E-state index contributed by atoms with van der Waals surface area (Å²) in [6.45, 7) is 0. The molecule has 2 aliphatic carbocycles. The van der Waals surface area contributed by atoms with Gasteiger partial charge in [-0.1, -0.05) is 36.5 Å². The molecular weight excluding hydrogens is 176 g/mol. The molecule has 0 aromatic rings. The summed E-state index contributed by atoms with van der Waals surface area (Å²) in [7, 11) is 0. The third-order valence-electron chi connectivity index (χ3n) is 2.33. The Kier molecular flexibility index (Phi) is 2.27. The van der Waals surface area contributed by atoms with Crippen LogP contribution in [0.15, 0.2) is 47.6 Å². The normalized spacial score (nSPS) is 18.3. The molecule has 2 heteroatoms. The number of hydrogen-bond donors (Lipinski definition) is 0. The lowest BCUT2D eigenvalue weighted by Crippen LogP contribution is -2.17. The Labute approximate surface area is 82.3 Å². The molecule has 0 N–H and O–H groups in total. The van der Waals surface area contributed by atoms with Crippen LogP contribution in [0.2, 0.25) is 0 Å². The predicted octanol–water partition coefficient (Wildman–Crippen LogP) is 1.90. The van der Waals surface area contributed by atoms with Gasteiger partial charge in [-0.05, 0) is 12.8 Å². The van der Waals surface area contributed by atoms with Crippen LogP contribution in [0.5, 0.6) is 0 Å². The average molecular weight is 186 g/mol. The highest BCUT2D eigenvalue weighted by Crippen LogP contribution is 2.17. The highest BCUT2D eigenvalue weighted by molar-refractivity contribution is 6.49. The van der Waals surface area contributed by atoms with Crippen LogP contribution in [-0.4, -0.2) is 11.6 Å².